The fraction of sp³-hybridized carbons (Fsp3) is 0.350. The van der Waals surface area contributed by atoms with E-state index < -0.39 is 6.10 Å². The third kappa shape index (κ3) is 7.34. The van der Waals surface area contributed by atoms with Crippen LogP contribution in [0, 0.1) is 12.7 Å². The van der Waals surface area contributed by atoms with Gasteiger partial charge in [0.15, 0.2) is 5.96 Å². The van der Waals surface area contributed by atoms with Gasteiger partial charge in [-0.1, -0.05) is 24.3 Å². The van der Waals surface area contributed by atoms with Crippen molar-refractivity contribution >= 4 is 29.9 Å². The molecule has 0 fully saturated rings. The Balaban J connectivity index is 0.00000364. The molecular weight excluding hydrogens is 460 g/mol. The lowest BCUT2D eigenvalue weighted by Crippen LogP contribution is -2.39. The Kier molecular flexibility index (Phi) is 10.1. The van der Waals surface area contributed by atoms with E-state index in [2.05, 4.69) is 15.6 Å². The average molecular weight is 487 g/mol. The molecule has 2 aromatic carbocycles. The van der Waals surface area contributed by atoms with E-state index in [0.717, 1.165) is 16.9 Å². The Hall–Kier alpha value is -1.87. The number of guanidine groups is 1. The summed E-state index contributed by atoms with van der Waals surface area (Å²) in [6, 6.07) is 11.8. The minimum Gasteiger partial charge on any atom is -0.496 e. The molecule has 0 amide bonds. The molecule has 27 heavy (non-hydrogen) atoms. The number of aryl methyl sites for hydroxylation is 1. The molecule has 0 spiro atoms. The second kappa shape index (κ2) is 11.8. The highest BCUT2D eigenvalue weighted by Gasteiger charge is 2.09. The van der Waals surface area contributed by atoms with E-state index in [1.165, 1.54) is 12.1 Å². The van der Waals surface area contributed by atoms with Crippen molar-refractivity contribution in [2.24, 2.45) is 4.99 Å². The number of nitrogens with zero attached hydrogens (tertiary/aromatic N) is 1. The number of aliphatic imine (C=N–C) groups is 1. The molecule has 0 heterocycles. The van der Waals surface area contributed by atoms with Crippen LogP contribution in [0.1, 0.15) is 29.7 Å². The Morgan fingerprint density at radius 3 is 2.52 bits per heavy atom. The molecule has 1 atom stereocenters. The minimum absolute atomic E-state index is 0. The molecule has 1 unspecified atom stereocenters. The highest BCUT2D eigenvalue weighted by atomic mass is 127. The third-order valence-electron chi connectivity index (χ3n) is 3.91. The quantitative estimate of drug-likeness (QED) is 0.318. The van der Waals surface area contributed by atoms with Gasteiger partial charge in [-0.2, -0.15) is 0 Å². The first-order valence-corrected chi connectivity index (χ1v) is 8.62. The molecule has 0 aliphatic carbocycles. The lowest BCUT2D eigenvalue weighted by molar-refractivity contribution is 0.180. The van der Waals surface area contributed by atoms with E-state index in [1.54, 1.807) is 19.2 Å². The summed E-state index contributed by atoms with van der Waals surface area (Å²) in [5, 5.41) is 16.5. The van der Waals surface area contributed by atoms with Crippen molar-refractivity contribution < 1.29 is 14.2 Å². The summed E-state index contributed by atoms with van der Waals surface area (Å²) in [7, 11) is 1.64. The molecular formula is C20H27FIN3O2. The van der Waals surface area contributed by atoms with Gasteiger partial charge in [-0.25, -0.2) is 9.38 Å². The molecule has 5 nitrogen and oxygen atoms in total. The largest absolute Gasteiger partial charge is 0.496 e. The molecule has 0 aliphatic rings. The molecule has 2 aromatic rings. The van der Waals surface area contributed by atoms with E-state index in [-0.39, 0.29) is 36.3 Å². The van der Waals surface area contributed by atoms with E-state index >= 15 is 0 Å². The van der Waals surface area contributed by atoms with Crippen LogP contribution < -0.4 is 15.4 Å². The standard InChI is InChI=1S/C20H26FN3O2.HI/c1-4-22-20(23-12-16-6-5-14(2)11-19(16)26-3)24-13-18(25)15-7-9-17(21)10-8-15;/h5-11,18,25H,4,12-13H2,1-3H3,(H2,22,23,24);1H. The van der Waals surface area contributed by atoms with Gasteiger partial charge in [0.2, 0.25) is 0 Å². The zero-order valence-corrected chi connectivity index (χ0v) is 18.2. The fourth-order valence-electron chi connectivity index (χ4n) is 2.48. The smallest absolute Gasteiger partial charge is 0.191 e. The van der Waals surface area contributed by atoms with E-state index in [1.807, 2.05) is 32.0 Å². The summed E-state index contributed by atoms with van der Waals surface area (Å²) < 4.78 is 18.4. The maximum Gasteiger partial charge on any atom is 0.191 e. The maximum absolute atomic E-state index is 13.0. The summed E-state index contributed by atoms with van der Waals surface area (Å²) in [6.07, 6.45) is -0.756. The van der Waals surface area contributed by atoms with Gasteiger partial charge < -0.3 is 20.5 Å². The zero-order chi connectivity index (χ0) is 18.9. The van der Waals surface area contributed by atoms with Crippen LogP contribution in [-0.2, 0) is 6.54 Å². The van der Waals surface area contributed by atoms with Crippen molar-refractivity contribution in [3.63, 3.8) is 0 Å². The van der Waals surface area contributed by atoms with Crippen molar-refractivity contribution in [2.45, 2.75) is 26.5 Å². The van der Waals surface area contributed by atoms with E-state index in [4.69, 9.17) is 4.74 Å². The number of aliphatic hydroxyl groups excluding tert-OH is 1. The predicted molar refractivity (Wildman–Crippen MR) is 117 cm³/mol. The molecule has 148 valence electrons. The number of aliphatic hydroxyl groups is 1. The van der Waals surface area contributed by atoms with Crippen molar-refractivity contribution in [2.75, 3.05) is 20.2 Å². The number of methoxy groups -OCH3 is 1. The first-order valence-electron chi connectivity index (χ1n) is 8.62. The van der Waals surface area contributed by atoms with Crippen LogP contribution in [0.4, 0.5) is 4.39 Å². The topological polar surface area (TPSA) is 65.9 Å². The molecule has 0 aromatic heterocycles. The molecule has 3 N–H and O–H groups in total. The molecule has 2 rings (SSSR count). The zero-order valence-electron chi connectivity index (χ0n) is 15.8. The number of hydrogen-bond acceptors (Lipinski definition) is 3. The Bertz CT molecular complexity index is 739. The Morgan fingerprint density at radius 2 is 1.89 bits per heavy atom. The molecule has 0 aliphatic heterocycles. The van der Waals surface area contributed by atoms with Gasteiger partial charge in [-0.15, -0.1) is 24.0 Å². The average Bonchev–Trinajstić information content (AvgIpc) is 2.65. The summed E-state index contributed by atoms with van der Waals surface area (Å²) in [4.78, 5) is 4.55. The number of hydrogen-bond donors (Lipinski definition) is 3. The lowest BCUT2D eigenvalue weighted by Gasteiger charge is -2.16. The van der Waals surface area contributed by atoms with Crippen LogP contribution in [-0.4, -0.2) is 31.3 Å². The van der Waals surface area contributed by atoms with Crippen molar-refractivity contribution in [1.82, 2.24) is 10.6 Å². The van der Waals surface area contributed by atoms with Crippen LogP contribution in [0.3, 0.4) is 0 Å². The normalized spacial score (nSPS) is 12.1. The molecule has 0 saturated carbocycles. The summed E-state index contributed by atoms with van der Waals surface area (Å²) in [5.74, 6) is 1.07. The van der Waals surface area contributed by atoms with Gasteiger partial charge in [0, 0.05) is 18.7 Å². The Labute approximate surface area is 177 Å². The van der Waals surface area contributed by atoms with Crippen molar-refractivity contribution in [3.8, 4) is 5.75 Å². The highest BCUT2D eigenvalue weighted by molar-refractivity contribution is 14.0. The van der Waals surface area contributed by atoms with Gasteiger partial charge >= 0.3 is 0 Å². The van der Waals surface area contributed by atoms with Crippen LogP contribution in [0.25, 0.3) is 0 Å². The third-order valence-corrected chi connectivity index (χ3v) is 3.91. The van der Waals surface area contributed by atoms with Gasteiger partial charge in [-0.05, 0) is 43.2 Å². The van der Waals surface area contributed by atoms with Gasteiger partial charge in [0.25, 0.3) is 0 Å². The number of rotatable bonds is 7. The summed E-state index contributed by atoms with van der Waals surface area (Å²) in [6.45, 7) is 5.40. The highest BCUT2D eigenvalue weighted by Crippen LogP contribution is 2.20. The van der Waals surface area contributed by atoms with Crippen LogP contribution in [0.15, 0.2) is 47.5 Å². The SMILES string of the molecule is CCNC(=NCc1ccc(C)cc1OC)NCC(O)c1ccc(F)cc1.I. The molecule has 7 heteroatoms. The maximum atomic E-state index is 13.0. The summed E-state index contributed by atoms with van der Waals surface area (Å²) in [5.41, 5.74) is 2.76. The van der Waals surface area contributed by atoms with Gasteiger partial charge in [0.05, 0.1) is 19.8 Å². The number of nitrogens with one attached hydrogen (secondary N) is 2. The molecule has 0 bridgehead atoms. The number of ether oxygens (including phenoxy) is 1. The fourth-order valence-corrected chi connectivity index (χ4v) is 2.48. The van der Waals surface area contributed by atoms with E-state index in [9.17, 15) is 9.50 Å². The predicted octanol–water partition coefficient (Wildman–Crippen LogP) is 3.55. The summed E-state index contributed by atoms with van der Waals surface area (Å²) >= 11 is 0. The molecule has 0 radical (unpaired) electrons. The van der Waals surface area contributed by atoms with Crippen molar-refractivity contribution in [1.29, 1.82) is 0 Å². The first kappa shape index (κ1) is 23.2. The van der Waals surface area contributed by atoms with Crippen molar-refractivity contribution in [3.05, 3.63) is 65.0 Å². The Morgan fingerprint density at radius 1 is 1.19 bits per heavy atom. The van der Waals surface area contributed by atoms with E-state index in [0.29, 0.717) is 24.6 Å². The monoisotopic (exact) mass is 487 g/mol. The lowest BCUT2D eigenvalue weighted by atomic mass is 10.1. The second-order valence-electron chi connectivity index (χ2n) is 5.96. The second-order valence-corrected chi connectivity index (χ2v) is 5.96. The number of benzene rings is 2. The molecule has 0 saturated heterocycles. The minimum atomic E-state index is -0.756. The van der Waals surface area contributed by atoms with Crippen LogP contribution in [0.2, 0.25) is 0 Å². The van der Waals surface area contributed by atoms with Gasteiger partial charge in [-0.3, -0.25) is 0 Å². The first-order chi connectivity index (χ1) is 12.5. The van der Waals surface area contributed by atoms with Crippen LogP contribution >= 0.6 is 24.0 Å². The van der Waals surface area contributed by atoms with Gasteiger partial charge in [0.1, 0.15) is 11.6 Å². The van der Waals surface area contributed by atoms with Crippen LogP contribution in [0.5, 0.6) is 5.75 Å². The number of halogens is 2.